The molecule has 3 rings (SSSR count). The highest BCUT2D eigenvalue weighted by atomic mass is 16.6. The predicted octanol–water partition coefficient (Wildman–Crippen LogP) is 2.31. The quantitative estimate of drug-likeness (QED) is 0.488. The third-order valence-electron chi connectivity index (χ3n) is 4.19. The smallest absolute Gasteiger partial charge is 0.270 e. The number of nitrogens with zero attached hydrogens (tertiary/aromatic N) is 4. The summed E-state index contributed by atoms with van der Waals surface area (Å²) in [4.78, 5) is 44.9. The van der Waals surface area contributed by atoms with Gasteiger partial charge < -0.3 is 5.32 Å². The lowest BCUT2D eigenvalue weighted by Gasteiger charge is -2.19. The number of aryl methyl sites for hydroxylation is 1. The average Bonchev–Trinajstić information content (AvgIpc) is 2.88. The zero-order valence-corrected chi connectivity index (χ0v) is 15.2. The Balaban J connectivity index is 1.89. The maximum atomic E-state index is 12.4. The number of nitro groups is 1. The van der Waals surface area contributed by atoms with E-state index in [1.54, 1.807) is 39.0 Å². The van der Waals surface area contributed by atoms with E-state index < -0.39 is 11.0 Å². The SMILES string of the molecule is Cc1cc(NC2CC(=O)N(C(C)C)C2=O)nc(-c2cccc([N+](=O)[O-])c2)n1. The third-order valence-corrected chi connectivity index (χ3v) is 4.19. The van der Waals surface area contributed by atoms with E-state index in [9.17, 15) is 19.7 Å². The van der Waals surface area contributed by atoms with Crippen LogP contribution in [-0.4, -0.2) is 43.7 Å². The summed E-state index contributed by atoms with van der Waals surface area (Å²) in [5.41, 5.74) is 1.07. The van der Waals surface area contributed by atoms with Crippen molar-refractivity contribution in [2.75, 3.05) is 5.32 Å². The number of nitro benzene ring substituents is 1. The number of likely N-dealkylation sites (tertiary alicyclic amines) is 1. The van der Waals surface area contributed by atoms with Crippen LogP contribution in [-0.2, 0) is 9.59 Å². The number of rotatable bonds is 5. The fourth-order valence-electron chi connectivity index (χ4n) is 3.01. The lowest BCUT2D eigenvalue weighted by molar-refractivity contribution is -0.384. The summed E-state index contributed by atoms with van der Waals surface area (Å²) < 4.78 is 0. The summed E-state index contributed by atoms with van der Waals surface area (Å²) >= 11 is 0. The minimum absolute atomic E-state index is 0.0590. The van der Waals surface area contributed by atoms with Crippen LogP contribution in [0, 0.1) is 17.0 Å². The molecule has 140 valence electrons. The highest BCUT2D eigenvalue weighted by Gasteiger charge is 2.40. The first-order valence-corrected chi connectivity index (χ1v) is 8.49. The van der Waals surface area contributed by atoms with Gasteiger partial charge in [0.1, 0.15) is 11.9 Å². The van der Waals surface area contributed by atoms with Gasteiger partial charge in [-0.15, -0.1) is 0 Å². The molecule has 27 heavy (non-hydrogen) atoms. The van der Waals surface area contributed by atoms with Crippen molar-refractivity contribution in [3.63, 3.8) is 0 Å². The first kappa shape index (κ1) is 18.4. The zero-order valence-electron chi connectivity index (χ0n) is 15.2. The summed E-state index contributed by atoms with van der Waals surface area (Å²) in [6.07, 6.45) is 0.0617. The van der Waals surface area contributed by atoms with Crippen molar-refractivity contribution in [1.82, 2.24) is 14.9 Å². The molecule has 1 aliphatic rings. The number of hydrogen-bond acceptors (Lipinski definition) is 7. The van der Waals surface area contributed by atoms with Crippen molar-refractivity contribution >= 4 is 23.3 Å². The molecular weight excluding hydrogens is 350 g/mol. The number of amides is 2. The molecule has 0 aliphatic carbocycles. The van der Waals surface area contributed by atoms with Gasteiger partial charge in [-0.1, -0.05) is 12.1 Å². The number of carbonyl (C=O) groups is 2. The molecule has 0 radical (unpaired) electrons. The number of aromatic nitrogens is 2. The predicted molar refractivity (Wildman–Crippen MR) is 97.9 cm³/mol. The van der Waals surface area contributed by atoms with Crippen LogP contribution in [0.1, 0.15) is 26.0 Å². The van der Waals surface area contributed by atoms with Gasteiger partial charge in [-0.05, 0) is 20.8 Å². The van der Waals surface area contributed by atoms with Crippen molar-refractivity contribution in [2.45, 2.75) is 39.3 Å². The Bertz CT molecular complexity index is 928. The molecule has 1 saturated heterocycles. The van der Waals surface area contributed by atoms with E-state index in [0.717, 1.165) is 0 Å². The van der Waals surface area contributed by atoms with Gasteiger partial charge in [-0.2, -0.15) is 0 Å². The lowest BCUT2D eigenvalue weighted by Crippen LogP contribution is -2.39. The van der Waals surface area contributed by atoms with Crippen LogP contribution in [0.2, 0.25) is 0 Å². The molecule has 0 saturated carbocycles. The van der Waals surface area contributed by atoms with Gasteiger partial charge in [0, 0.05) is 35.5 Å². The molecule has 2 aromatic rings. The van der Waals surface area contributed by atoms with Crippen molar-refractivity contribution in [2.24, 2.45) is 0 Å². The van der Waals surface area contributed by atoms with Crippen LogP contribution in [0.3, 0.4) is 0 Å². The molecule has 1 aromatic heterocycles. The van der Waals surface area contributed by atoms with Crippen molar-refractivity contribution < 1.29 is 14.5 Å². The summed E-state index contributed by atoms with van der Waals surface area (Å²) in [5.74, 6) is 0.180. The van der Waals surface area contributed by atoms with Crippen molar-refractivity contribution in [1.29, 1.82) is 0 Å². The van der Waals surface area contributed by atoms with Crippen molar-refractivity contribution in [3.05, 3.63) is 46.1 Å². The molecule has 1 unspecified atom stereocenters. The first-order chi connectivity index (χ1) is 12.8. The van der Waals surface area contributed by atoms with Gasteiger partial charge in [0.15, 0.2) is 5.82 Å². The second kappa shape index (κ2) is 7.10. The number of benzene rings is 1. The van der Waals surface area contributed by atoms with Crippen LogP contribution >= 0.6 is 0 Å². The number of imide groups is 1. The topological polar surface area (TPSA) is 118 Å². The molecule has 2 heterocycles. The number of carbonyl (C=O) groups excluding carboxylic acids is 2. The molecule has 9 nitrogen and oxygen atoms in total. The molecule has 2 amide bonds. The number of hydrogen-bond donors (Lipinski definition) is 1. The second-order valence-electron chi connectivity index (χ2n) is 6.62. The highest BCUT2D eigenvalue weighted by molar-refractivity contribution is 6.07. The van der Waals surface area contributed by atoms with E-state index in [4.69, 9.17) is 0 Å². The Labute approximate surface area is 155 Å². The lowest BCUT2D eigenvalue weighted by atomic mass is 10.2. The number of non-ortho nitro benzene ring substituents is 1. The highest BCUT2D eigenvalue weighted by Crippen LogP contribution is 2.24. The largest absolute Gasteiger partial charge is 0.358 e. The van der Waals surface area contributed by atoms with Crippen LogP contribution < -0.4 is 5.32 Å². The normalized spacial score (nSPS) is 16.9. The monoisotopic (exact) mass is 369 g/mol. The fourth-order valence-corrected chi connectivity index (χ4v) is 3.01. The van der Waals surface area contributed by atoms with Gasteiger partial charge in [0.05, 0.1) is 11.3 Å². The molecule has 1 aromatic carbocycles. The van der Waals surface area contributed by atoms with E-state index in [-0.39, 0.29) is 30.0 Å². The van der Waals surface area contributed by atoms with Gasteiger partial charge in [0.2, 0.25) is 5.91 Å². The first-order valence-electron chi connectivity index (χ1n) is 8.49. The molecule has 9 heteroatoms. The summed E-state index contributed by atoms with van der Waals surface area (Å²) in [6, 6.07) is 6.79. The number of nitrogens with one attached hydrogen (secondary N) is 1. The Morgan fingerprint density at radius 2 is 2.00 bits per heavy atom. The van der Waals surface area contributed by atoms with Gasteiger partial charge in [0.25, 0.3) is 11.6 Å². The zero-order chi connectivity index (χ0) is 19.7. The second-order valence-corrected chi connectivity index (χ2v) is 6.62. The Morgan fingerprint density at radius 1 is 1.26 bits per heavy atom. The third kappa shape index (κ3) is 3.76. The average molecular weight is 369 g/mol. The van der Waals surface area contributed by atoms with Crippen LogP contribution in [0.4, 0.5) is 11.5 Å². The maximum Gasteiger partial charge on any atom is 0.270 e. The Hall–Kier alpha value is -3.36. The van der Waals surface area contributed by atoms with Gasteiger partial charge in [-0.3, -0.25) is 24.6 Å². The molecule has 1 fully saturated rings. The Morgan fingerprint density at radius 3 is 2.63 bits per heavy atom. The van der Waals surface area contributed by atoms with Crippen LogP contribution in [0.15, 0.2) is 30.3 Å². The van der Waals surface area contributed by atoms with E-state index >= 15 is 0 Å². The molecule has 1 atom stereocenters. The minimum atomic E-state index is -0.688. The fraction of sp³-hybridized carbons (Fsp3) is 0.333. The molecule has 0 bridgehead atoms. The maximum absolute atomic E-state index is 12.4. The molecule has 0 spiro atoms. The Kier molecular flexibility index (Phi) is 4.85. The molecule has 1 aliphatic heterocycles. The van der Waals surface area contributed by atoms with Crippen LogP contribution in [0.25, 0.3) is 11.4 Å². The number of anilines is 1. The molecular formula is C18H19N5O4. The van der Waals surface area contributed by atoms with E-state index in [1.807, 2.05) is 0 Å². The molecule has 1 N–H and O–H groups in total. The minimum Gasteiger partial charge on any atom is -0.358 e. The van der Waals surface area contributed by atoms with E-state index in [1.165, 1.54) is 17.0 Å². The van der Waals surface area contributed by atoms with Crippen molar-refractivity contribution in [3.8, 4) is 11.4 Å². The van der Waals surface area contributed by atoms with Gasteiger partial charge in [-0.25, -0.2) is 9.97 Å². The summed E-state index contributed by atoms with van der Waals surface area (Å²) in [6.45, 7) is 5.33. The van der Waals surface area contributed by atoms with E-state index in [0.29, 0.717) is 22.9 Å². The van der Waals surface area contributed by atoms with Crippen LogP contribution in [0.5, 0.6) is 0 Å². The summed E-state index contributed by atoms with van der Waals surface area (Å²) in [5, 5.41) is 14.0. The summed E-state index contributed by atoms with van der Waals surface area (Å²) in [7, 11) is 0. The standard InChI is InChI=1S/C18H19N5O4/c1-10(2)22-16(24)9-14(18(22)25)20-15-7-11(3)19-17(21-15)12-5-4-6-13(8-12)23(26)27/h4-8,10,14H,9H2,1-3H3,(H,19,20,21). The van der Waals surface area contributed by atoms with E-state index in [2.05, 4.69) is 15.3 Å². The van der Waals surface area contributed by atoms with Gasteiger partial charge >= 0.3 is 0 Å².